The molecule has 4 aromatic rings. The molecule has 6 rings (SSSR count). The fourth-order valence-corrected chi connectivity index (χ4v) is 6.65. The molecule has 2 aliphatic heterocycles. The van der Waals surface area contributed by atoms with Gasteiger partial charge in [-0.2, -0.15) is 0 Å². The minimum atomic E-state index is -0.325. The Bertz CT molecular complexity index is 1780. The first kappa shape index (κ1) is 31.0. The topological polar surface area (TPSA) is 105 Å². The predicted molar refractivity (Wildman–Crippen MR) is 176 cm³/mol. The molecule has 0 unspecified atom stereocenters. The molecule has 0 atom stereocenters. The Labute approximate surface area is 272 Å². The van der Waals surface area contributed by atoms with Crippen molar-refractivity contribution in [2.75, 3.05) is 39.1 Å². The molecular formula is C33H35Cl2N7O3. The molecule has 12 heteroatoms. The van der Waals surface area contributed by atoms with Crippen LogP contribution in [0.2, 0.25) is 10.0 Å². The molecule has 45 heavy (non-hydrogen) atoms. The first-order valence-corrected chi connectivity index (χ1v) is 15.5. The summed E-state index contributed by atoms with van der Waals surface area (Å²) in [5.74, 6) is 0.522. The molecule has 234 valence electrons. The van der Waals surface area contributed by atoms with E-state index in [2.05, 4.69) is 25.4 Å². The fourth-order valence-electron chi connectivity index (χ4n) is 6.05. The number of aromatic nitrogens is 3. The zero-order chi connectivity index (χ0) is 31.8. The Morgan fingerprint density at radius 1 is 0.978 bits per heavy atom. The third-order valence-electron chi connectivity index (χ3n) is 8.35. The van der Waals surface area contributed by atoms with Gasteiger partial charge < -0.3 is 24.8 Å². The maximum absolute atomic E-state index is 13.3. The fraction of sp³-hybridized carbons (Fsp3) is 0.333. The van der Waals surface area contributed by atoms with Crippen molar-refractivity contribution in [1.82, 2.24) is 29.7 Å². The zero-order valence-corrected chi connectivity index (χ0v) is 27.2. The van der Waals surface area contributed by atoms with E-state index in [-0.39, 0.29) is 17.9 Å². The van der Waals surface area contributed by atoms with Crippen molar-refractivity contribution >= 4 is 40.7 Å². The molecular weight excluding hydrogens is 613 g/mol. The molecule has 0 saturated carbocycles. The van der Waals surface area contributed by atoms with Gasteiger partial charge in [-0.1, -0.05) is 59.6 Å². The van der Waals surface area contributed by atoms with Crippen molar-refractivity contribution in [3.63, 3.8) is 0 Å². The Balaban J connectivity index is 1.23. The molecule has 2 N–H and O–H groups in total. The maximum atomic E-state index is 13.3. The standard InChI is InChI=1S/C33H35Cl2N7O3/c1-19(43)36-21-16-42(17-21)15-20-11-12-25(39-33(20)45-4)24-9-5-7-22(29(24)34)23-8-6-10-26(30(23)35)38-32(44)31-37-27-18-40(2)14-13-28(27)41(31)3/h5-12,21H,13-18H2,1-4H3,(H,36,43)(H,38,44). The molecule has 0 radical (unpaired) electrons. The van der Waals surface area contributed by atoms with E-state index in [4.69, 9.17) is 32.9 Å². The number of amides is 2. The van der Waals surface area contributed by atoms with Crippen molar-refractivity contribution < 1.29 is 14.3 Å². The van der Waals surface area contributed by atoms with Gasteiger partial charge in [0.1, 0.15) is 0 Å². The normalized spacial score (nSPS) is 15.3. The Kier molecular flexibility index (Phi) is 8.83. The molecule has 4 heterocycles. The van der Waals surface area contributed by atoms with Gasteiger partial charge in [0, 0.05) is 81.1 Å². The number of hydrogen-bond acceptors (Lipinski definition) is 7. The van der Waals surface area contributed by atoms with E-state index >= 15 is 0 Å². The molecule has 0 aliphatic carbocycles. The van der Waals surface area contributed by atoms with Crippen molar-refractivity contribution in [3.05, 3.63) is 81.4 Å². The Hall–Kier alpha value is -3.96. The number of imidazole rings is 1. The first-order valence-electron chi connectivity index (χ1n) is 14.8. The minimum Gasteiger partial charge on any atom is -0.481 e. The van der Waals surface area contributed by atoms with E-state index in [1.54, 1.807) is 13.2 Å². The molecule has 2 aromatic carbocycles. The van der Waals surface area contributed by atoms with E-state index in [0.717, 1.165) is 48.6 Å². The SMILES string of the molecule is COc1nc(-c2cccc(-c3cccc(NC(=O)c4nc5c(n4C)CCN(C)C5)c3Cl)c2Cl)ccc1CN1CC(NC(C)=O)C1. The van der Waals surface area contributed by atoms with E-state index in [1.807, 2.05) is 61.1 Å². The van der Waals surface area contributed by atoms with Gasteiger partial charge in [-0.15, -0.1) is 0 Å². The number of pyridine rings is 1. The van der Waals surface area contributed by atoms with Crippen molar-refractivity contribution in [1.29, 1.82) is 0 Å². The maximum Gasteiger partial charge on any atom is 0.291 e. The third kappa shape index (κ3) is 6.28. The second kappa shape index (κ2) is 12.8. The van der Waals surface area contributed by atoms with Gasteiger partial charge >= 0.3 is 0 Å². The monoisotopic (exact) mass is 647 g/mol. The van der Waals surface area contributed by atoms with E-state index in [0.29, 0.717) is 57.3 Å². The summed E-state index contributed by atoms with van der Waals surface area (Å²) in [6.45, 7) is 5.38. The van der Waals surface area contributed by atoms with Crippen LogP contribution >= 0.6 is 23.2 Å². The van der Waals surface area contributed by atoms with Gasteiger partial charge in [0.15, 0.2) is 5.82 Å². The number of methoxy groups -OCH3 is 1. The van der Waals surface area contributed by atoms with Gasteiger partial charge in [0.25, 0.3) is 5.91 Å². The second-order valence-electron chi connectivity index (χ2n) is 11.6. The van der Waals surface area contributed by atoms with Crippen LogP contribution in [0.15, 0.2) is 48.5 Å². The molecule has 0 spiro atoms. The van der Waals surface area contributed by atoms with E-state index < -0.39 is 0 Å². The molecule has 10 nitrogen and oxygen atoms in total. The second-order valence-corrected chi connectivity index (χ2v) is 12.4. The number of fused-ring (bicyclic) bond motifs is 1. The minimum absolute atomic E-state index is 0.0176. The van der Waals surface area contributed by atoms with Gasteiger partial charge in [0.2, 0.25) is 11.8 Å². The number of hydrogen-bond donors (Lipinski definition) is 2. The largest absolute Gasteiger partial charge is 0.481 e. The number of likely N-dealkylation sites (tertiary alicyclic amines) is 1. The lowest BCUT2D eigenvalue weighted by Crippen LogP contribution is -2.58. The number of benzene rings is 2. The summed E-state index contributed by atoms with van der Waals surface area (Å²) in [5.41, 5.74) is 6.19. The average molecular weight is 649 g/mol. The molecule has 2 aromatic heterocycles. The third-order valence-corrected chi connectivity index (χ3v) is 9.17. The number of carbonyl (C=O) groups excluding carboxylic acids is 2. The zero-order valence-electron chi connectivity index (χ0n) is 25.7. The number of rotatable bonds is 8. The Morgan fingerprint density at radius 3 is 2.42 bits per heavy atom. The van der Waals surface area contributed by atoms with Crippen molar-refractivity contribution in [2.24, 2.45) is 7.05 Å². The number of halogens is 2. The van der Waals surface area contributed by atoms with Crippen molar-refractivity contribution in [3.8, 4) is 28.3 Å². The summed E-state index contributed by atoms with van der Waals surface area (Å²) >= 11 is 13.9. The highest BCUT2D eigenvalue weighted by molar-refractivity contribution is 6.39. The van der Waals surface area contributed by atoms with Gasteiger partial charge in [-0.3, -0.25) is 14.5 Å². The van der Waals surface area contributed by atoms with Gasteiger partial charge in [-0.05, 0) is 19.2 Å². The molecule has 0 bridgehead atoms. The summed E-state index contributed by atoms with van der Waals surface area (Å²) in [7, 11) is 5.52. The number of carbonyl (C=O) groups is 2. The average Bonchev–Trinajstić information content (AvgIpc) is 3.32. The van der Waals surface area contributed by atoms with Crippen LogP contribution in [0.3, 0.4) is 0 Å². The number of nitrogens with zero attached hydrogens (tertiary/aromatic N) is 5. The highest BCUT2D eigenvalue weighted by Gasteiger charge is 2.28. The van der Waals surface area contributed by atoms with E-state index in [1.165, 1.54) is 6.92 Å². The van der Waals surface area contributed by atoms with Crippen LogP contribution in [0.4, 0.5) is 5.69 Å². The summed E-state index contributed by atoms with van der Waals surface area (Å²) in [5, 5.41) is 6.75. The first-order chi connectivity index (χ1) is 21.6. The number of likely N-dealkylation sites (N-methyl/N-ethyl adjacent to an activating group) is 1. The highest BCUT2D eigenvalue weighted by atomic mass is 35.5. The van der Waals surface area contributed by atoms with Gasteiger partial charge in [0.05, 0.1) is 40.3 Å². The lowest BCUT2D eigenvalue weighted by atomic mass is 10.00. The van der Waals surface area contributed by atoms with Crippen LogP contribution in [0.1, 0.15) is 34.5 Å². The highest BCUT2D eigenvalue weighted by Crippen LogP contribution is 2.41. The Morgan fingerprint density at radius 2 is 1.69 bits per heavy atom. The van der Waals surface area contributed by atoms with Crippen LogP contribution in [0.5, 0.6) is 5.88 Å². The van der Waals surface area contributed by atoms with Crippen molar-refractivity contribution in [2.45, 2.75) is 32.5 Å². The summed E-state index contributed by atoms with van der Waals surface area (Å²) in [6, 6.07) is 15.3. The molecule has 2 amide bonds. The van der Waals surface area contributed by atoms with Gasteiger partial charge in [-0.25, -0.2) is 9.97 Å². The van der Waals surface area contributed by atoms with Crippen LogP contribution in [0.25, 0.3) is 22.4 Å². The van der Waals surface area contributed by atoms with Crippen LogP contribution in [-0.2, 0) is 31.4 Å². The van der Waals surface area contributed by atoms with Crippen LogP contribution in [0, 0.1) is 0 Å². The smallest absolute Gasteiger partial charge is 0.291 e. The summed E-state index contributed by atoms with van der Waals surface area (Å²) in [4.78, 5) is 38.5. The lowest BCUT2D eigenvalue weighted by Gasteiger charge is -2.39. The number of nitrogens with one attached hydrogen (secondary N) is 2. The lowest BCUT2D eigenvalue weighted by molar-refractivity contribution is -0.120. The number of anilines is 1. The summed E-state index contributed by atoms with van der Waals surface area (Å²) < 4.78 is 7.52. The quantitative estimate of drug-likeness (QED) is 0.277. The summed E-state index contributed by atoms with van der Waals surface area (Å²) in [6.07, 6.45) is 0.843. The molecule has 1 saturated heterocycles. The van der Waals surface area contributed by atoms with E-state index in [9.17, 15) is 9.59 Å². The van der Waals surface area contributed by atoms with Crippen LogP contribution in [-0.4, -0.2) is 76.0 Å². The number of ether oxygens (including phenoxy) is 1. The molecule has 1 fully saturated rings. The predicted octanol–water partition coefficient (Wildman–Crippen LogP) is 5.03. The van der Waals surface area contributed by atoms with Crippen LogP contribution < -0.4 is 15.4 Å². The molecule has 2 aliphatic rings.